The fraction of sp³-hybridized carbons (Fsp3) is 0.667. The molecule has 0 spiro atoms. The van der Waals surface area contributed by atoms with Crippen molar-refractivity contribution in [1.82, 2.24) is 0 Å². The molecule has 0 heterocycles. The molecule has 1 rings (SSSR count). The van der Waals surface area contributed by atoms with E-state index >= 15 is 0 Å². The average Bonchev–Trinajstić information content (AvgIpc) is 2.46. The molecule has 0 aliphatic rings. The highest BCUT2D eigenvalue weighted by atomic mass is 15.1. The van der Waals surface area contributed by atoms with Gasteiger partial charge in [0.15, 0.2) is 0 Å². The molecule has 0 bridgehead atoms. The highest BCUT2D eigenvalue weighted by Gasteiger charge is 2.11. The second kappa shape index (κ2) is 8.31. The maximum atomic E-state index is 6.07. The Bertz CT molecular complexity index is 400. The normalized spacial score (nSPS) is 14.1. The first-order valence-electron chi connectivity index (χ1n) is 8.11. The van der Waals surface area contributed by atoms with E-state index in [1.165, 1.54) is 23.2 Å². The number of anilines is 1. The number of aryl methyl sites for hydroxylation is 1. The summed E-state index contributed by atoms with van der Waals surface area (Å²) in [5.74, 6) is 0.739. The van der Waals surface area contributed by atoms with Gasteiger partial charge in [-0.05, 0) is 55.9 Å². The van der Waals surface area contributed by atoms with Gasteiger partial charge >= 0.3 is 0 Å². The molecule has 2 N–H and O–H groups in total. The van der Waals surface area contributed by atoms with Crippen LogP contribution in [-0.2, 0) is 6.42 Å². The average molecular weight is 276 g/mol. The highest BCUT2D eigenvalue weighted by Crippen LogP contribution is 2.22. The van der Waals surface area contributed by atoms with Crippen LogP contribution in [-0.4, -0.2) is 19.1 Å². The summed E-state index contributed by atoms with van der Waals surface area (Å²) in [6.45, 7) is 13.4. The molecule has 0 radical (unpaired) electrons. The molecular formula is C18H32N2. The van der Waals surface area contributed by atoms with Gasteiger partial charge in [0.25, 0.3) is 0 Å². The van der Waals surface area contributed by atoms with Crippen LogP contribution < -0.4 is 10.6 Å². The Hall–Kier alpha value is -1.02. The fourth-order valence-corrected chi connectivity index (χ4v) is 2.45. The minimum absolute atomic E-state index is 0.280. The summed E-state index contributed by atoms with van der Waals surface area (Å²) < 4.78 is 0. The van der Waals surface area contributed by atoms with Crippen LogP contribution in [0.4, 0.5) is 5.69 Å². The van der Waals surface area contributed by atoms with Gasteiger partial charge in [0.2, 0.25) is 0 Å². The van der Waals surface area contributed by atoms with E-state index in [-0.39, 0.29) is 6.04 Å². The van der Waals surface area contributed by atoms with E-state index in [9.17, 15) is 0 Å². The molecule has 1 aromatic carbocycles. The molecular weight excluding hydrogens is 244 g/mol. The topological polar surface area (TPSA) is 29.3 Å². The van der Waals surface area contributed by atoms with E-state index in [0.29, 0.717) is 0 Å². The maximum absolute atomic E-state index is 6.07. The van der Waals surface area contributed by atoms with E-state index in [1.807, 2.05) is 0 Å². The first-order chi connectivity index (χ1) is 9.51. The molecule has 1 aromatic rings. The molecule has 0 aromatic heterocycles. The van der Waals surface area contributed by atoms with E-state index in [1.54, 1.807) is 0 Å². The van der Waals surface area contributed by atoms with Crippen LogP contribution in [0.2, 0.25) is 0 Å². The van der Waals surface area contributed by atoms with Crippen molar-refractivity contribution < 1.29 is 0 Å². The van der Waals surface area contributed by atoms with Gasteiger partial charge in [0, 0.05) is 24.8 Å². The zero-order valence-electron chi connectivity index (χ0n) is 13.9. The molecule has 2 nitrogen and oxygen atoms in total. The van der Waals surface area contributed by atoms with E-state index in [2.05, 4.69) is 57.7 Å². The third kappa shape index (κ3) is 4.82. The molecule has 2 atom stereocenters. The molecule has 0 saturated heterocycles. The SMILES string of the molecule is CCC(C)CN(CC)c1ccc(CC(N)CC)c(C)c1. The van der Waals surface area contributed by atoms with Gasteiger partial charge in [-0.1, -0.05) is 33.3 Å². The minimum Gasteiger partial charge on any atom is -0.372 e. The lowest BCUT2D eigenvalue weighted by Gasteiger charge is -2.27. The Labute approximate surface area is 125 Å². The Morgan fingerprint density at radius 3 is 2.35 bits per heavy atom. The van der Waals surface area contributed by atoms with Crippen LogP contribution >= 0.6 is 0 Å². The van der Waals surface area contributed by atoms with E-state index < -0.39 is 0 Å². The highest BCUT2D eigenvalue weighted by molar-refractivity contribution is 5.51. The van der Waals surface area contributed by atoms with Crippen molar-refractivity contribution in [1.29, 1.82) is 0 Å². The number of nitrogens with two attached hydrogens (primary N) is 1. The van der Waals surface area contributed by atoms with Crippen molar-refractivity contribution in [3.63, 3.8) is 0 Å². The Balaban J connectivity index is 2.83. The molecule has 0 saturated carbocycles. The fourth-order valence-electron chi connectivity index (χ4n) is 2.45. The van der Waals surface area contributed by atoms with Crippen LogP contribution in [0.15, 0.2) is 18.2 Å². The van der Waals surface area contributed by atoms with Gasteiger partial charge in [-0.15, -0.1) is 0 Å². The third-order valence-electron chi connectivity index (χ3n) is 4.31. The van der Waals surface area contributed by atoms with Gasteiger partial charge < -0.3 is 10.6 Å². The summed E-state index contributed by atoms with van der Waals surface area (Å²) in [6, 6.07) is 7.13. The number of nitrogens with zero attached hydrogens (tertiary/aromatic N) is 1. The minimum atomic E-state index is 0.280. The lowest BCUT2D eigenvalue weighted by Crippen LogP contribution is -2.28. The second-order valence-electron chi connectivity index (χ2n) is 6.04. The molecule has 0 aliphatic carbocycles. The van der Waals surface area contributed by atoms with Crippen molar-refractivity contribution >= 4 is 5.69 Å². The zero-order chi connectivity index (χ0) is 15.1. The summed E-state index contributed by atoms with van der Waals surface area (Å²) >= 11 is 0. The van der Waals surface area contributed by atoms with Crippen molar-refractivity contribution in [3.8, 4) is 0 Å². The molecule has 114 valence electrons. The summed E-state index contributed by atoms with van der Waals surface area (Å²) in [5.41, 5.74) is 10.2. The largest absolute Gasteiger partial charge is 0.372 e. The van der Waals surface area contributed by atoms with Gasteiger partial charge in [0.05, 0.1) is 0 Å². The zero-order valence-corrected chi connectivity index (χ0v) is 13.9. The number of rotatable bonds is 8. The van der Waals surface area contributed by atoms with E-state index in [4.69, 9.17) is 5.73 Å². The predicted octanol–water partition coefficient (Wildman–Crippen LogP) is 4.15. The Morgan fingerprint density at radius 2 is 1.85 bits per heavy atom. The van der Waals surface area contributed by atoms with Crippen LogP contribution in [0.25, 0.3) is 0 Å². The summed E-state index contributed by atoms with van der Waals surface area (Å²) in [4.78, 5) is 2.48. The van der Waals surface area contributed by atoms with Gasteiger partial charge in [-0.25, -0.2) is 0 Å². The Morgan fingerprint density at radius 1 is 1.15 bits per heavy atom. The van der Waals surface area contributed by atoms with Crippen molar-refractivity contribution in [2.24, 2.45) is 11.7 Å². The second-order valence-corrected chi connectivity index (χ2v) is 6.04. The molecule has 20 heavy (non-hydrogen) atoms. The third-order valence-corrected chi connectivity index (χ3v) is 4.31. The number of hydrogen-bond donors (Lipinski definition) is 1. The van der Waals surface area contributed by atoms with Gasteiger partial charge in [-0.3, -0.25) is 0 Å². The monoisotopic (exact) mass is 276 g/mol. The molecule has 0 amide bonds. The van der Waals surface area contributed by atoms with Gasteiger partial charge in [0.1, 0.15) is 0 Å². The lowest BCUT2D eigenvalue weighted by molar-refractivity contribution is 0.548. The lowest BCUT2D eigenvalue weighted by atomic mass is 9.99. The first-order valence-corrected chi connectivity index (χ1v) is 8.11. The quantitative estimate of drug-likeness (QED) is 0.773. The number of benzene rings is 1. The Kier molecular flexibility index (Phi) is 7.08. The van der Waals surface area contributed by atoms with Crippen LogP contribution in [0.1, 0.15) is 51.7 Å². The van der Waals surface area contributed by atoms with Gasteiger partial charge in [-0.2, -0.15) is 0 Å². The summed E-state index contributed by atoms with van der Waals surface area (Å²) in [5, 5.41) is 0. The van der Waals surface area contributed by atoms with Crippen molar-refractivity contribution in [2.75, 3.05) is 18.0 Å². The number of hydrogen-bond acceptors (Lipinski definition) is 2. The molecule has 2 unspecified atom stereocenters. The predicted molar refractivity (Wildman–Crippen MR) is 90.5 cm³/mol. The van der Waals surface area contributed by atoms with Crippen LogP contribution in [0, 0.1) is 12.8 Å². The summed E-state index contributed by atoms with van der Waals surface area (Å²) in [7, 11) is 0. The molecule has 0 fully saturated rings. The molecule has 2 heteroatoms. The maximum Gasteiger partial charge on any atom is 0.0369 e. The van der Waals surface area contributed by atoms with Crippen LogP contribution in [0.3, 0.4) is 0 Å². The van der Waals surface area contributed by atoms with Crippen molar-refractivity contribution in [2.45, 2.75) is 59.9 Å². The molecule has 0 aliphatic heterocycles. The first kappa shape index (κ1) is 17.0. The smallest absolute Gasteiger partial charge is 0.0369 e. The summed E-state index contributed by atoms with van der Waals surface area (Å²) in [6.07, 6.45) is 3.26. The standard InChI is InChI=1S/C18H32N2/c1-6-14(4)13-20(8-3)18-10-9-16(15(5)11-18)12-17(19)7-2/h9-11,14,17H,6-8,12-13,19H2,1-5H3. The van der Waals surface area contributed by atoms with E-state index in [0.717, 1.165) is 31.8 Å². The van der Waals surface area contributed by atoms with Crippen molar-refractivity contribution in [3.05, 3.63) is 29.3 Å². The van der Waals surface area contributed by atoms with Crippen LogP contribution in [0.5, 0.6) is 0 Å².